The quantitative estimate of drug-likeness (QED) is 0.389. The number of hydrogen-bond acceptors (Lipinski definition) is 3. The first-order valence-electron chi connectivity index (χ1n) is 13.2. The highest BCUT2D eigenvalue weighted by molar-refractivity contribution is 5.38. The van der Waals surface area contributed by atoms with Gasteiger partial charge in [0.1, 0.15) is 0 Å². The number of allylic oxidation sites excluding steroid dienone is 6. The zero-order valence-electron chi connectivity index (χ0n) is 21.3. The fourth-order valence-corrected chi connectivity index (χ4v) is 6.70. The number of aliphatic hydroxyl groups is 3. The Hall–Kier alpha value is -1.42. The normalized spacial score (nSPS) is 36.9. The average molecular weight is 455 g/mol. The van der Waals surface area contributed by atoms with Crippen LogP contribution in [0.15, 0.2) is 59.8 Å². The zero-order chi connectivity index (χ0) is 24.2. The van der Waals surface area contributed by atoms with Gasteiger partial charge in [-0.15, -0.1) is 0 Å². The second-order valence-corrected chi connectivity index (χ2v) is 11.1. The minimum absolute atomic E-state index is 0.312. The van der Waals surface area contributed by atoms with Crippen LogP contribution in [0.5, 0.6) is 0 Å². The molecule has 0 bridgehead atoms. The molecule has 0 aliphatic heterocycles. The summed E-state index contributed by atoms with van der Waals surface area (Å²) in [6.45, 7) is 13.0. The predicted octanol–water partition coefficient (Wildman–Crippen LogP) is 6.43. The molecule has 3 nitrogen and oxygen atoms in total. The molecule has 0 saturated heterocycles. The van der Waals surface area contributed by atoms with Gasteiger partial charge in [0.05, 0.1) is 17.8 Å². The predicted molar refractivity (Wildman–Crippen MR) is 138 cm³/mol. The van der Waals surface area contributed by atoms with Gasteiger partial charge in [0.2, 0.25) is 0 Å². The highest BCUT2D eigenvalue weighted by atomic mass is 16.3. The van der Waals surface area contributed by atoms with E-state index in [-0.39, 0.29) is 0 Å². The minimum Gasteiger partial charge on any atom is -0.393 e. The first-order chi connectivity index (χ1) is 15.6. The molecule has 0 heterocycles. The summed E-state index contributed by atoms with van der Waals surface area (Å²) in [6.07, 6.45) is 20.3. The van der Waals surface area contributed by atoms with Gasteiger partial charge >= 0.3 is 0 Å². The Bertz CT molecular complexity index is 812. The summed E-state index contributed by atoms with van der Waals surface area (Å²) in [5.74, 6) is 1.77. The monoisotopic (exact) mass is 454 g/mol. The molecule has 0 amide bonds. The van der Waals surface area contributed by atoms with Crippen molar-refractivity contribution in [3.63, 3.8) is 0 Å². The van der Waals surface area contributed by atoms with E-state index < -0.39 is 17.8 Å². The molecule has 0 aromatic rings. The number of hydrogen-bond donors (Lipinski definition) is 3. The molecule has 0 radical (unpaired) electrons. The lowest BCUT2D eigenvalue weighted by molar-refractivity contribution is 0.0827. The van der Waals surface area contributed by atoms with Crippen molar-refractivity contribution in [2.24, 2.45) is 23.2 Å². The number of aliphatic hydroxyl groups excluding tert-OH is 2. The molecule has 6 atom stereocenters. The van der Waals surface area contributed by atoms with Gasteiger partial charge in [-0.3, -0.25) is 0 Å². The second kappa shape index (κ2) is 10.9. The number of fused-ring (bicyclic) bond motifs is 1. The Morgan fingerprint density at radius 3 is 2.58 bits per heavy atom. The third-order valence-corrected chi connectivity index (χ3v) is 9.09. The highest BCUT2D eigenvalue weighted by Crippen LogP contribution is 2.59. The van der Waals surface area contributed by atoms with Gasteiger partial charge < -0.3 is 15.3 Å². The van der Waals surface area contributed by atoms with Crippen LogP contribution < -0.4 is 0 Å². The summed E-state index contributed by atoms with van der Waals surface area (Å²) < 4.78 is 0. The van der Waals surface area contributed by atoms with Crippen LogP contribution in [0.25, 0.3) is 0 Å². The molecule has 1 unspecified atom stereocenters. The van der Waals surface area contributed by atoms with Crippen LogP contribution in [0.4, 0.5) is 0 Å². The van der Waals surface area contributed by atoms with Gasteiger partial charge in [0, 0.05) is 6.42 Å². The molecule has 33 heavy (non-hydrogen) atoms. The molecule has 3 saturated carbocycles. The van der Waals surface area contributed by atoms with Gasteiger partial charge in [-0.2, -0.15) is 0 Å². The molecule has 184 valence electrons. The standard InChI is InChI=1S/C30H46O3/c1-6-30(33,7-2)18-9-8-11-21(3)26-15-16-27-23(12-10-17-29(26,27)5)13-14-24-19-25(31)20-28(32)22(24)4/h8-9,11,13-14,18,21,25-28,31-33H,4,6-7,10,12,15-17,19-20H2,1-3,5H3/b11-8+,18-9+,23-13+,24-14-/t21-,25-,26-,27?,28+,29-/m1/s1. The third-order valence-electron chi connectivity index (χ3n) is 9.09. The average Bonchev–Trinajstić information content (AvgIpc) is 3.15. The Morgan fingerprint density at radius 2 is 1.88 bits per heavy atom. The lowest BCUT2D eigenvalue weighted by Crippen LogP contribution is -2.35. The summed E-state index contributed by atoms with van der Waals surface area (Å²) in [4.78, 5) is 0. The van der Waals surface area contributed by atoms with Crippen molar-refractivity contribution in [1.29, 1.82) is 0 Å². The van der Waals surface area contributed by atoms with Crippen molar-refractivity contribution in [2.45, 2.75) is 103 Å². The van der Waals surface area contributed by atoms with Gasteiger partial charge in [0.15, 0.2) is 0 Å². The molecule has 3 rings (SSSR count). The minimum atomic E-state index is -0.689. The maximum absolute atomic E-state index is 10.5. The Morgan fingerprint density at radius 1 is 1.15 bits per heavy atom. The zero-order valence-corrected chi connectivity index (χ0v) is 21.3. The Balaban J connectivity index is 1.72. The fraction of sp³-hybridized carbons (Fsp3) is 0.667. The SMILES string of the molecule is C=C1/C(=C\C=C2/CCC[C@@]3(C)C2CC[C@@H]3[C@H](C)/C=C/C=C/C(O)(CC)CC)C[C@@H](O)C[C@@H]1O. The molecule has 3 N–H and O–H groups in total. The van der Waals surface area contributed by atoms with Crippen LogP contribution in [0.2, 0.25) is 0 Å². The summed E-state index contributed by atoms with van der Waals surface area (Å²) in [5.41, 5.74) is 2.92. The molecule has 3 aliphatic carbocycles. The summed E-state index contributed by atoms with van der Waals surface area (Å²) in [6, 6.07) is 0. The Labute approximate surface area is 201 Å². The highest BCUT2D eigenvalue weighted by Gasteiger charge is 2.50. The van der Waals surface area contributed by atoms with Crippen LogP contribution in [0.3, 0.4) is 0 Å². The van der Waals surface area contributed by atoms with E-state index in [0.717, 1.165) is 30.4 Å². The van der Waals surface area contributed by atoms with Crippen LogP contribution >= 0.6 is 0 Å². The number of rotatable bonds is 7. The van der Waals surface area contributed by atoms with E-state index in [1.165, 1.54) is 31.3 Å². The molecule has 3 aliphatic rings. The smallest absolute Gasteiger partial charge is 0.0825 e. The maximum Gasteiger partial charge on any atom is 0.0825 e. The van der Waals surface area contributed by atoms with E-state index in [9.17, 15) is 15.3 Å². The second-order valence-electron chi connectivity index (χ2n) is 11.1. The Kier molecular flexibility index (Phi) is 8.64. The summed E-state index contributed by atoms with van der Waals surface area (Å²) in [5, 5.41) is 30.7. The van der Waals surface area contributed by atoms with Crippen molar-refractivity contribution in [1.82, 2.24) is 0 Å². The van der Waals surface area contributed by atoms with Crippen LogP contribution in [-0.2, 0) is 0 Å². The van der Waals surface area contributed by atoms with Gasteiger partial charge in [-0.1, -0.05) is 76.3 Å². The van der Waals surface area contributed by atoms with Crippen molar-refractivity contribution in [3.8, 4) is 0 Å². The topological polar surface area (TPSA) is 60.7 Å². The molecule has 0 aromatic heterocycles. The molecule has 0 spiro atoms. The van der Waals surface area contributed by atoms with Gasteiger partial charge in [-0.05, 0) is 85.7 Å². The van der Waals surface area contributed by atoms with E-state index in [0.29, 0.717) is 36.0 Å². The van der Waals surface area contributed by atoms with E-state index in [2.05, 4.69) is 44.7 Å². The maximum atomic E-state index is 10.5. The van der Waals surface area contributed by atoms with Crippen molar-refractivity contribution < 1.29 is 15.3 Å². The van der Waals surface area contributed by atoms with Crippen LogP contribution in [0, 0.1) is 23.2 Å². The van der Waals surface area contributed by atoms with E-state index in [4.69, 9.17) is 0 Å². The van der Waals surface area contributed by atoms with E-state index in [1.807, 2.05) is 26.0 Å². The molecular formula is C30H46O3. The first-order valence-corrected chi connectivity index (χ1v) is 13.2. The van der Waals surface area contributed by atoms with Crippen LogP contribution in [0.1, 0.15) is 85.5 Å². The molecular weight excluding hydrogens is 408 g/mol. The third kappa shape index (κ3) is 5.81. The van der Waals surface area contributed by atoms with E-state index in [1.54, 1.807) is 0 Å². The van der Waals surface area contributed by atoms with Crippen LogP contribution in [-0.4, -0.2) is 33.1 Å². The first kappa shape index (κ1) is 26.2. The summed E-state index contributed by atoms with van der Waals surface area (Å²) in [7, 11) is 0. The lowest BCUT2D eigenvalue weighted by Gasteiger charge is -2.44. The molecule has 0 aromatic carbocycles. The fourth-order valence-electron chi connectivity index (χ4n) is 6.70. The van der Waals surface area contributed by atoms with Crippen molar-refractivity contribution >= 4 is 0 Å². The molecule has 3 fully saturated rings. The largest absolute Gasteiger partial charge is 0.393 e. The molecule has 3 heteroatoms. The lowest BCUT2D eigenvalue weighted by atomic mass is 9.61. The van der Waals surface area contributed by atoms with Gasteiger partial charge in [0.25, 0.3) is 0 Å². The van der Waals surface area contributed by atoms with Crippen molar-refractivity contribution in [3.05, 3.63) is 59.8 Å². The summed E-state index contributed by atoms with van der Waals surface area (Å²) >= 11 is 0. The van der Waals surface area contributed by atoms with Gasteiger partial charge in [-0.25, -0.2) is 0 Å². The van der Waals surface area contributed by atoms with Crippen molar-refractivity contribution in [2.75, 3.05) is 0 Å². The van der Waals surface area contributed by atoms with E-state index >= 15 is 0 Å².